The number of hydrogen-bond donors (Lipinski definition) is 0. The third kappa shape index (κ3) is 3.13. The summed E-state index contributed by atoms with van der Waals surface area (Å²) in [5.74, 6) is 0. The summed E-state index contributed by atoms with van der Waals surface area (Å²) in [6.45, 7) is 6.53. The average molecular weight is 239 g/mol. The minimum absolute atomic E-state index is 1.01. The molecule has 2 aromatic carbocycles. The highest BCUT2D eigenvalue weighted by atomic mass is 15.1. The van der Waals surface area contributed by atoms with Gasteiger partial charge in [-0.25, -0.2) is 0 Å². The van der Waals surface area contributed by atoms with Gasteiger partial charge in [-0.1, -0.05) is 42.5 Å². The second-order valence-electron chi connectivity index (χ2n) is 4.50. The number of hydrogen-bond acceptors (Lipinski definition) is 1. The first-order chi connectivity index (χ1) is 8.83. The lowest BCUT2D eigenvalue weighted by Crippen LogP contribution is -2.21. The molecule has 2 rings (SSSR count). The maximum absolute atomic E-state index is 2.38. The van der Waals surface area contributed by atoms with Gasteiger partial charge in [0, 0.05) is 18.8 Å². The van der Waals surface area contributed by atoms with Gasteiger partial charge in [-0.05, 0) is 43.5 Å². The highest BCUT2D eigenvalue weighted by Crippen LogP contribution is 2.18. The van der Waals surface area contributed by atoms with Crippen molar-refractivity contribution in [1.82, 2.24) is 0 Å². The van der Waals surface area contributed by atoms with Gasteiger partial charge in [0.1, 0.15) is 0 Å². The van der Waals surface area contributed by atoms with Gasteiger partial charge in [0.2, 0.25) is 0 Å². The van der Waals surface area contributed by atoms with Crippen LogP contribution in [-0.2, 0) is 6.42 Å². The molecule has 1 nitrogen and oxygen atoms in total. The first-order valence-corrected chi connectivity index (χ1v) is 6.71. The smallest absolute Gasteiger partial charge is 0.0368 e. The van der Waals surface area contributed by atoms with Crippen LogP contribution in [0, 0.1) is 0 Å². The second kappa shape index (κ2) is 6.25. The predicted molar refractivity (Wildman–Crippen MR) is 79.3 cm³/mol. The Labute approximate surface area is 110 Å². The Balaban J connectivity index is 2.17. The quantitative estimate of drug-likeness (QED) is 0.758. The van der Waals surface area contributed by atoms with E-state index >= 15 is 0 Å². The summed E-state index contributed by atoms with van der Waals surface area (Å²) in [7, 11) is 0. The first kappa shape index (κ1) is 12.7. The van der Waals surface area contributed by atoms with E-state index in [1.165, 1.54) is 16.8 Å². The molecule has 0 bridgehead atoms. The molecule has 0 fully saturated rings. The van der Waals surface area contributed by atoms with E-state index in [4.69, 9.17) is 0 Å². The normalized spacial score (nSPS) is 10.3. The summed E-state index contributed by atoms with van der Waals surface area (Å²) >= 11 is 0. The van der Waals surface area contributed by atoms with E-state index < -0.39 is 0 Å². The SMILES string of the molecule is CCN(CC)c1cccc(Cc2ccccc2)c1. The van der Waals surface area contributed by atoms with E-state index in [9.17, 15) is 0 Å². The van der Waals surface area contributed by atoms with Gasteiger partial charge in [0.05, 0.1) is 0 Å². The second-order valence-corrected chi connectivity index (χ2v) is 4.50. The van der Waals surface area contributed by atoms with Crippen molar-refractivity contribution in [2.24, 2.45) is 0 Å². The summed E-state index contributed by atoms with van der Waals surface area (Å²) < 4.78 is 0. The molecule has 0 aromatic heterocycles. The molecule has 0 aliphatic heterocycles. The van der Waals surface area contributed by atoms with E-state index in [1.54, 1.807) is 0 Å². The van der Waals surface area contributed by atoms with Gasteiger partial charge in [-0.15, -0.1) is 0 Å². The van der Waals surface area contributed by atoms with Crippen LogP contribution in [0.4, 0.5) is 5.69 Å². The number of rotatable bonds is 5. The van der Waals surface area contributed by atoms with Crippen molar-refractivity contribution >= 4 is 5.69 Å². The molecule has 0 heterocycles. The fourth-order valence-corrected chi connectivity index (χ4v) is 2.28. The van der Waals surface area contributed by atoms with Gasteiger partial charge in [0.15, 0.2) is 0 Å². The summed E-state index contributed by atoms with van der Waals surface area (Å²) in [4.78, 5) is 2.38. The number of benzene rings is 2. The summed E-state index contributed by atoms with van der Waals surface area (Å²) in [6.07, 6.45) is 1.01. The Morgan fingerprint density at radius 2 is 1.44 bits per heavy atom. The zero-order valence-electron chi connectivity index (χ0n) is 11.3. The third-order valence-electron chi connectivity index (χ3n) is 3.29. The zero-order chi connectivity index (χ0) is 12.8. The van der Waals surface area contributed by atoms with Crippen molar-refractivity contribution in [3.8, 4) is 0 Å². The van der Waals surface area contributed by atoms with Crippen LogP contribution in [0.5, 0.6) is 0 Å². The predicted octanol–water partition coefficient (Wildman–Crippen LogP) is 4.12. The van der Waals surface area contributed by atoms with Gasteiger partial charge in [-0.3, -0.25) is 0 Å². The van der Waals surface area contributed by atoms with E-state index in [2.05, 4.69) is 73.3 Å². The fraction of sp³-hybridized carbons (Fsp3) is 0.294. The first-order valence-electron chi connectivity index (χ1n) is 6.71. The molecule has 0 aliphatic rings. The van der Waals surface area contributed by atoms with Crippen LogP contribution in [0.3, 0.4) is 0 Å². The molecular formula is C17H21N. The van der Waals surface area contributed by atoms with E-state index in [1.807, 2.05) is 0 Å². The van der Waals surface area contributed by atoms with Crippen LogP contribution in [0.1, 0.15) is 25.0 Å². The standard InChI is InChI=1S/C17H21N/c1-3-18(4-2)17-12-8-11-16(14-17)13-15-9-6-5-7-10-15/h5-12,14H,3-4,13H2,1-2H3. The van der Waals surface area contributed by atoms with Crippen LogP contribution in [-0.4, -0.2) is 13.1 Å². The lowest BCUT2D eigenvalue weighted by atomic mass is 10.0. The molecule has 0 saturated carbocycles. The Hall–Kier alpha value is -1.76. The van der Waals surface area contributed by atoms with Crippen LogP contribution in [0.2, 0.25) is 0 Å². The lowest BCUT2D eigenvalue weighted by molar-refractivity contribution is 0.865. The van der Waals surface area contributed by atoms with Gasteiger partial charge in [-0.2, -0.15) is 0 Å². The fourth-order valence-electron chi connectivity index (χ4n) is 2.28. The molecule has 0 saturated heterocycles. The van der Waals surface area contributed by atoms with Gasteiger partial charge >= 0.3 is 0 Å². The number of nitrogens with zero attached hydrogens (tertiary/aromatic N) is 1. The van der Waals surface area contributed by atoms with Crippen molar-refractivity contribution < 1.29 is 0 Å². The van der Waals surface area contributed by atoms with Crippen molar-refractivity contribution in [2.75, 3.05) is 18.0 Å². The highest BCUT2D eigenvalue weighted by Gasteiger charge is 2.03. The van der Waals surface area contributed by atoms with Gasteiger partial charge < -0.3 is 4.90 Å². The van der Waals surface area contributed by atoms with Crippen molar-refractivity contribution in [3.63, 3.8) is 0 Å². The zero-order valence-corrected chi connectivity index (χ0v) is 11.3. The molecule has 0 spiro atoms. The Kier molecular flexibility index (Phi) is 4.40. The van der Waals surface area contributed by atoms with E-state index in [0.29, 0.717) is 0 Å². The van der Waals surface area contributed by atoms with Crippen LogP contribution >= 0.6 is 0 Å². The molecule has 0 amide bonds. The summed E-state index contributed by atoms with van der Waals surface area (Å²) in [6, 6.07) is 19.5. The van der Waals surface area contributed by atoms with Gasteiger partial charge in [0.25, 0.3) is 0 Å². The van der Waals surface area contributed by atoms with Crippen molar-refractivity contribution in [1.29, 1.82) is 0 Å². The largest absolute Gasteiger partial charge is 0.372 e. The maximum Gasteiger partial charge on any atom is 0.0368 e. The minimum atomic E-state index is 1.01. The number of anilines is 1. The highest BCUT2D eigenvalue weighted by molar-refractivity contribution is 5.49. The third-order valence-corrected chi connectivity index (χ3v) is 3.29. The Morgan fingerprint density at radius 3 is 2.11 bits per heavy atom. The van der Waals surface area contributed by atoms with Crippen molar-refractivity contribution in [3.05, 3.63) is 65.7 Å². The molecular weight excluding hydrogens is 218 g/mol. The Bertz CT molecular complexity index is 472. The Morgan fingerprint density at radius 1 is 0.778 bits per heavy atom. The topological polar surface area (TPSA) is 3.24 Å². The lowest BCUT2D eigenvalue weighted by Gasteiger charge is -2.21. The molecule has 1 heteroatoms. The molecule has 2 aromatic rings. The maximum atomic E-state index is 2.38. The molecule has 0 N–H and O–H groups in total. The average Bonchev–Trinajstić information content (AvgIpc) is 2.42. The van der Waals surface area contributed by atoms with Crippen LogP contribution in [0.15, 0.2) is 54.6 Å². The molecule has 0 atom stereocenters. The molecule has 94 valence electrons. The molecule has 0 unspecified atom stereocenters. The van der Waals surface area contributed by atoms with Crippen molar-refractivity contribution in [2.45, 2.75) is 20.3 Å². The summed E-state index contributed by atoms with van der Waals surface area (Å²) in [5, 5.41) is 0. The molecule has 18 heavy (non-hydrogen) atoms. The molecule has 0 aliphatic carbocycles. The monoisotopic (exact) mass is 239 g/mol. The van der Waals surface area contributed by atoms with E-state index in [-0.39, 0.29) is 0 Å². The molecule has 0 radical (unpaired) electrons. The summed E-state index contributed by atoms with van der Waals surface area (Å²) in [5.41, 5.74) is 4.08. The van der Waals surface area contributed by atoms with E-state index in [0.717, 1.165) is 19.5 Å². The van der Waals surface area contributed by atoms with Crippen LogP contribution in [0.25, 0.3) is 0 Å². The minimum Gasteiger partial charge on any atom is -0.372 e. The van der Waals surface area contributed by atoms with Crippen LogP contribution < -0.4 is 4.90 Å².